The summed E-state index contributed by atoms with van der Waals surface area (Å²) >= 11 is 5.90. The molecule has 0 aromatic heterocycles. The van der Waals surface area contributed by atoms with Gasteiger partial charge in [0.25, 0.3) is 5.91 Å². The molecule has 1 aliphatic heterocycles. The predicted molar refractivity (Wildman–Crippen MR) is 110 cm³/mol. The van der Waals surface area contributed by atoms with Crippen molar-refractivity contribution in [2.75, 3.05) is 18.5 Å². The third-order valence-electron chi connectivity index (χ3n) is 4.41. The van der Waals surface area contributed by atoms with Crippen LogP contribution in [0.3, 0.4) is 0 Å². The zero-order valence-corrected chi connectivity index (χ0v) is 16.1. The zero-order valence-electron chi connectivity index (χ0n) is 15.4. The Labute approximate surface area is 164 Å². The third-order valence-corrected chi connectivity index (χ3v) is 4.67. The van der Waals surface area contributed by atoms with E-state index in [0.717, 1.165) is 31.6 Å². The molecule has 1 aliphatic rings. The van der Waals surface area contributed by atoms with E-state index in [-0.39, 0.29) is 12.0 Å². The monoisotopic (exact) mass is 385 g/mol. The number of guanidine groups is 1. The van der Waals surface area contributed by atoms with Gasteiger partial charge in [0, 0.05) is 22.9 Å². The average Bonchev–Trinajstić information content (AvgIpc) is 3.20. The summed E-state index contributed by atoms with van der Waals surface area (Å²) in [4.78, 5) is 17.1. The number of nitrogens with zero attached hydrogens (tertiary/aromatic N) is 1. The number of rotatable bonds is 5. The van der Waals surface area contributed by atoms with Gasteiger partial charge in [-0.2, -0.15) is 0 Å². The molecular formula is C21H24ClN3O2. The molecule has 1 amide bonds. The van der Waals surface area contributed by atoms with Crippen molar-refractivity contribution >= 4 is 29.2 Å². The normalized spacial score (nSPS) is 17.0. The molecule has 0 saturated carbocycles. The highest BCUT2D eigenvalue weighted by molar-refractivity contribution is 6.30. The first-order valence-corrected chi connectivity index (χ1v) is 9.61. The summed E-state index contributed by atoms with van der Waals surface area (Å²) in [5.41, 5.74) is 2.62. The number of carbonyl (C=O) groups excluding carboxylic acids is 1. The molecule has 0 radical (unpaired) electrons. The topological polar surface area (TPSA) is 62.7 Å². The minimum absolute atomic E-state index is 0.108. The number of carbonyl (C=O) groups is 1. The van der Waals surface area contributed by atoms with E-state index in [1.807, 2.05) is 12.1 Å². The number of nitrogens with one attached hydrogen (secondary N) is 2. The van der Waals surface area contributed by atoms with Crippen LogP contribution in [0.1, 0.15) is 35.7 Å². The van der Waals surface area contributed by atoms with Gasteiger partial charge in [-0.15, -0.1) is 0 Å². The minimum atomic E-state index is -0.239. The summed E-state index contributed by atoms with van der Waals surface area (Å²) in [5, 5.41) is 6.68. The first-order chi connectivity index (χ1) is 13.1. The van der Waals surface area contributed by atoms with E-state index in [4.69, 9.17) is 16.3 Å². The van der Waals surface area contributed by atoms with Gasteiger partial charge in [-0.25, -0.2) is 4.99 Å². The molecule has 1 heterocycles. The van der Waals surface area contributed by atoms with Crippen molar-refractivity contribution < 1.29 is 9.53 Å². The standard InChI is InChI=1S/C21H24ClN3O2/c1-2-15-5-3-6-18(13-15)24-21(23-14-19-7-4-12-27-19)25-20(26)16-8-10-17(22)11-9-16/h3,5-6,8-11,13,19H,2,4,7,12,14H2,1H3,(H2,23,24,25,26). The molecule has 1 fully saturated rings. The van der Waals surface area contributed by atoms with Crippen LogP contribution in [-0.2, 0) is 11.2 Å². The van der Waals surface area contributed by atoms with Crippen molar-refractivity contribution in [1.29, 1.82) is 0 Å². The first-order valence-electron chi connectivity index (χ1n) is 9.23. The van der Waals surface area contributed by atoms with Gasteiger partial charge >= 0.3 is 0 Å². The number of benzene rings is 2. The minimum Gasteiger partial charge on any atom is -0.376 e. The number of aryl methyl sites for hydroxylation is 1. The summed E-state index contributed by atoms with van der Waals surface area (Å²) < 4.78 is 5.63. The largest absolute Gasteiger partial charge is 0.376 e. The number of aliphatic imine (C=N–C) groups is 1. The summed E-state index contributed by atoms with van der Waals surface area (Å²) in [7, 11) is 0. The van der Waals surface area contributed by atoms with Crippen LogP contribution >= 0.6 is 11.6 Å². The Kier molecular flexibility index (Phi) is 6.85. The smallest absolute Gasteiger partial charge is 0.257 e. The fraction of sp³-hybridized carbons (Fsp3) is 0.333. The summed E-state index contributed by atoms with van der Waals surface area (Å²) in [6, 6.07) is 14.8. The Morgan fingerprint density at radius 1 is 1.26 bits per heavy atom. The molecule has 0 aliphatic carbocycles. The van der Waals surface area contributed by atoms with Gasteiger partial charge in [-0.3, -0.25) is 10.1 Å². The van der Waals surface area contributed by atoms with Gasteiger partial charge in [-0.05, 0) is 61.2 Å². The zero-order chi connectivity index (χ0) is 19.1. The maximum atomic E-state index is 12.6. The predicted octanol–water partition coefficient (Wildman–Crippen LogP) is 4.28. The number of anilines is 1. The van der Waals surface area contributed by atoms with E-state index in [9.17, 15) is 4.79 Å². The number of ether oxygens (including phenoxy) is 1. The van der Waals surface area contributed by atoms with Crippen molar-refractivity contribution in [2.24, 2.45) is 4.99 Å². The fourth-order valence-corrected chi connectivity index (χ4v) is 3.00. The summed E-state index contributed by atoms with van der Waals surface area (Å²) in [6.07, 6.45) is 3.09. The Morgan fingerprint density at radius 3 is 2.78 bits per heavy atom. The van der Waals surface area contributed by atoms with Gasteiger partial charge < -0.3 is 10.1 Å². The Bertz CT molecular complexity index is 799. The molecule has 142 valence electrons. The molecule has 1 atom stereocenters. The highest BCUT2D eigenvalue weighted by atomic mass is 35.5. The van der Waals surface area contributed by atoms with Crippen LogP contribution in [-0.4, -0.2) is 31.1 Å². The SMILES string of the molecule is CCc1cccc(NC(=NCC2CCCO2)NC(=O)c2ccc(Cl)cc2)c1. The van der Waals surface area contributed by atoms with Crippen LogP contribution in [0, 0.1) is 0 Å². The lowest BCUT2D eigenvalue weighted by Gasteiger charge is -2.14. The Hall–Kier alpha value is -2.37. The molecular weight excluding hydrogens is 362 g/mol. The first kappa shape index (κ1) is 19.4. The summed E-state index contributed by atoms with van der Waals surface area (Å²) in [6.45, 7) is 3.39. The molecule has 0 bridgehead atoms. The molecule has 0 spiro atoms. The van der Waals surface area contributed by atoms with Gasteiger partial charge in [-0.1, -0.05) is 30.7 Å². The lowest BCUT2D eigenvalue weighted by molar-refractivity contribution is 0.0975. The number of amides is 1. The number of halogens is 1. The molecule has 2 N–H and O–H groups in total. The molecule has 2 aromatic carbocycles. The molecule has 1 saturated heterocycles. The average molecular weight is 386 g/mol. The Morgan fingerprint density at radius 2 is 2.07 bits per heavy atom. The van der Waals surface area contributed by atoms with E-state index in [1.165, 1.54) is 5.56 Å². The number of hydrogen-bond acceptors (Lipinski definition) is 3. The van der Waals surface area contributed by atoms with Gasteiger partial charge in [0.1, 0.15) is 0 Å². The molecule has 2 aromatic rings. The van der Waals surface area contributed by atoms with E-state index in [2.05, 4.69) is 34.7 Å². The van der Waals surface area contributed by atoms with Crippen molar-refractivity contribution in [3.63, 3.8) is 0 Å². The highest BCUT2D eigenvalue weighted by Gasteiger charge is 2.16. The molecule has 5 nitrogen and oxygen atoms in total. The second kappa shape index (κ2) is 9.53. The van der Waals surface area contributed by atoms with Crippen molar-refractivity contribution in [2.45, 2.75) is 32.3 Å². The van der Waals surface area contributed by atoms with Gasteiger partial charge in [0.05, 0.1) is 12.6 Å². The molecule has 1 unspecified atom stereocenters. The van der Waals surface area contributed by atoms with E-state index < -0.39 is 0 Å². The van der Waals surface area contributed by atoms with E-state index >= 15 is 0 Å². The highest BCUT2D eigenvalue weighted by Crippen LogP contribution is 2.14. The quantitative estimate of drug-likeness (QED) is 0.596. The molecule has 27 heavy (non-hydrogen) atoms. The van der Waals surface area contributed by atoms with Crippen molar-refractivity contribution in [1.82, 2.24) is 5.32 Å². The maximum Gasteiger partial charge on any atom is 0.257 e. The second-order valence-electron chi connectivity index (χ2n) is 6.46. The molecule has 6 heteroatoms. The van der Waals surface area contributed by atoms with E-state index in [1.54, 1.807) is 24.3 Å². The second-order valence-corrected chi connectivity index (χ2v) is 6.90. The Balaban J connectivity index is 1.74. The third kappa shape index (κ3) is 5.81. The van der Waals surface area contributed by atoms with E-state index in [0.29, 0.717) is 23.1 Å². The van der Waals surface area contributed by atoms with Crippen LogP contribution < -0.4 is 10.6 Å². The van der Waals surface area contributed by atoms with Gasteiger partial charge in [0.15, 0.2) is 0 Å². The number of hydrogen-bond donors (Lipinski definition) is 2. The molecule has 3 rings (SSSR count). The lowest BCUT2D eigenvalue weighted by atomic mass is 10.1. The summed E-state index contributed by atoms with van der Waals surface area (Å²) in [5.74, 6) is 0.176. The van der Waals surface area contributed by atoms with Crippen LogP contribution in [0.15, 0.2) is 53.5 Å². The van der Waals surface area contributed by atoms with Crippen LogP contribution in [0.25, 0.3) is 0 Å². The fourth-order valence-electron chi connectivity index (χ4n) is 2.88. The van der Waals surface area contributed by atoms with Crippen LogP contribution in [0.5, 0.6) is 0 Å². The maximum absolute atomic E-state index is 12.6. The van der Waals surface area contributed by atoms with Crippen molar-refractivity contribution in [3.05, 3.63) is 64.7 Å². The van der Waals surface area contributed by atoms with Crippen LogP contribution in [0.4, 0.5) is 5.69 Å². The van der Waals surface area contributed by atoms with Gasteiger partial charge in [0.2, 0.25) is 5.96 Å². The van der Waals surface area contributed by atoms with Crippen molar-refractivity contribution in [3.8, 4) is 0 Å². The van der Waals surface area contributed by atoms with Crippen LogP contribution in [0.2, 0.25) is 5.02 Å². The lowest BCUT2D eigenvalue weighted by Crippen LogP contribution is -2.36.